The second-order valence-electron chi connectivity index (χ2n) is 6.54. The lowest BCUT2D eigenvalue weighted by molar-refractivity contribution is -0.117. The van der Waals surface area contributed by atoms with Gasteiger partial charge in [-0.1, -0.05) is 48.7 Å². The van der Waals surface area contributed by atoms with E-state index in [0.717, 1.165) is 29.5 Å². The van der Waals surface area contributed by atoms with Gasteiger partial charge in [0.1, 0.15) is 0 Å². The van der Waals surface area contributed by atoms with Crippen molar-refractivity contribution in [1.29, 1.82) is 5.41 Å². The van der Waals surface area contributed by atoms with Crippen molar-refractivity contribution < 1.29 is 4.79 Å². The van der Waals surface area contributed by atoms with E-state index in [1.165, 1.54) is 0 Å². The maximum atomic E-state index is 12.9. The molecule has 0 aliphatic heterocycles. The first-order valence-electron chi connectivity index (χ1n) is 9.01. The molecule has 2 aromatic carbocycles. The number of nitrogens with two attached hydrogens (primary N) is 1. The number of benzene rings is 2. The molecule has 0 bridgehead atoms. The van der Waals surface area contributed by atoms with Crippen molar-refractivity contribution in [3.05, 3.63) is 63.1 Å². The summed E-state index contributed by atoms with van der Waals surface area (Å²) in [5.74, 6) is -0.583. The standard InChI is InChI=1S/C21H25Cl2N3O/c1-3-4-14-5-7-16(12-18(14)13(2)25)26-21(27)17(9-10-24)15-6-8-19(22)20(23)11-15/h5-8,11-12,17,25H,3-4,9-10,24H2,1-2H3,(H,26,27). The van der Waals surface area contributed by atoms with Crippen LogP contribution in [0.25, 0.3) is 0 Å². The topological polar surface area (TPSA) is 79.0 Å². The molecule has 4 nitrogen and oxygen atoms in total. The van der Waals surface area contributed by atoms with Gasteiger partial charge in [-0.25, -0.2) is 0 Å². The van der Waals surface area contributed by atoms with Crippen LogP contribution in [0.5, 0.6) is 0 Å². The Hall–Kier alpha value is -1.88. The molecule has 0 saturated heterocycles. The zero-order valence-electron chi connectivity index (χ0n) is 15.6. The summed E-state index contributed by atoms with van der Waals surface area (Å²) in [7, 11) is 0. The number of amides is 1. The first-order chi connectivity index (χ1) is 12.9. The van der Waals surface area contributed by atoms with Crippen LogP contribution >= 0.6 is 23.2 Å². The van der Waals surface area contributed by atoms with Gasteiger partial charge in [0.05, 0.1) is 16.0 Å². The average molecular weight is 406 g/mol. The van der Waals surface area contributed by atoms with Crippen molar-refractivity contribution in [2.45, 2.75) is 39.0 Å². The molecule has 0 aromatic heterocycles. The molecule has 0 fully saturated rings. The van der Waals surface area contributed by atoms with Crippen LogP contribution in [0, 0.1) is 5.41 Å². The Morgan fingerprint density at radius 1 is 1.19 bits per heavy atom. The van der Waals surface area contributed by atoms with Gasteiger partial charge in [0.2, 0.25) is 5.91 Å². The number of rotatable bonds is 8. The molecule has 0 aliphatic carbocycles. The Bertz CT molecular complexity index is 836. The minimum atomic E-state index is -0.426. The number of halogens is 2. The summed E-state index contributed by atoms with van der Waals surface area (Å²) in [6.45, 7) is 4.24. The number of carbonyl (C=O) groups is 1. The molecule has 27 heavy (non-hydrogen) atoms. The third-order valence-corrected chi connectivity index (χ3v) is 5.16. The second kappa shape index (κ2) is 9.88. The number of nitrogens with one attached hydrogen (secondary N) is 2. The molecule has 4 N–H and O–H groups in total. The maximum absolute atomic E-state index is 12.9. The van der Waals surface area contributed by atoms with Crippen molar-refractivity contribution in [3.63, 3.8) is 0 Å². The minimum Gasteiger partial charge on any atom is -0.330 e. The van der Waals surface area contributed by atoms with Gasteiger partial charge in [-0.2, -0.15) is 0 Å². The Balaban J connectivity index is 2.28. The molecule has 0 aliphatic rings. The fourth-order valence-corrected chi connectivity index (χ4v) is 3.37. The van der Waals surface area contributed by atoms with Crippen LogP contribution in [0.4, 0.5) is 5.69 Å². The van der Waals surface area contributed by atoms with Gasteiger partial charge >= 0.3 is 0 Å². The largest absolute Gasteiger partial charge is 0.330 e. The summed E-state index contributed by atoms with van der Waals surface area (Å²) in [5, 5.41) is 11.8. The van der Waals surface area contributed by atoms with E-state index < -0.39 is 5.92 Å². The highest BCUT2D eigenvalue weighted by Crippen LogP contribution is 2.29. The third kappa shape index (κ3) is 5.55. The van der Waals surface area contributed by atoms with E-state index in [1.807, 2.05) is 18.2 Å². The summed E-state index contributed by atoms with van der Waals surface area (Å²) in [4.78, 5) is 12.9. The molecule has 2 rings (SSSR count). The summed E-state index contributed by atoms with van der Waals surface area (Å²) < 4.78 is 0. The summed E-state index contributed by atoms with van der Waals surface area (Å²) in [6.07, 6.45) is 2.40. The van der Waals surface area contributed by atoms with E-state index in [9.17, 15) is 4.79 Å². The van der Waals surface area contributed by atoms with Crippen molar-refractivity contribution in [2.75, 3.05) is 11.9 Å². The molecule has 0 saturated carbocycles. The molecule has 0 radical (unpaired) electrons. The monoisotopic (exact) mass is 405 g/mol. The average Bonchev–Trinajstić information content (AvgIpc) is 2.63. The first kappa shape index (κ1) is 21.4. The van der Waals surface area contributed by atoms with Gasteiger partial charge in [0.25, 0.3) is 0 Å². The van der Waals surface area contributed by atoms with E-state index in [0.29, 0.717) is 34.4 Å². The van der Waals surface area contributed by atoms with Gasteiger partial charge in [-0.05, 0) is 61.7 Å². The predicted octanol–water partition coefficient (Wildman–Crippen LogP) is 5.40. The molecule has 2 aromatic rings. The van der Waals surface area contributed by atoms with Crippen LogP contribution in [0.2, 0.25) is 10.0 Å². The van der Waals surface area contributed by atoms with E-state index in [2.05, 4.69) is 12.2 Å². The smallest absolute Gasteiger partial charge is 0.231 e. The highest BCUT2D eigenvalue weighted by molar-refractivity contribution is 6.42. The Labute approximate surface area is 170 Å². The zero-order valence-corrected chi connectivity index (χ0v) is 17.1. The number of anilines is 1. The Kier molecular flexibility index (Phi) is 7.84. The lowest BCUT2D eigenvalue weighted by Crippen LogP contribution is -2.23. The van der Waals surface area contributed by atoms with Crippen molar-refractivity contribution in [2.24, 2.45) is 5.73 Å². The van der Waals surface area contributed by atoms with Crippen molar-refractivity contribution >= 4 is 40.5 Å². The number of aryl methyl sites for hydroxylation is 1. The van der Waals surface area contributed by atoms with Crippen LogP contribution in [0.1, 0.15) is 49.3 Å². The van der Waals surface area contributed by atoms with Gasteiger partial charge in [-0.15, -0.1) is 0 Å². The predicted molar refractivity (Wildman–Crippen MR) is 114 cm³/mol. The van der Waals surface area contributed by atoms with Gasteiger partial charge in [-0.3, -0.25) is 4.79 Å². The van der Waals surface area contributed by atoms with E-state index >= 15 is 0 Å². The number of carbonyl (C=O) groups excluding carboxylic acids is 1. The van der Waals surface area contributed by atoms with Crippen LogP contribution in [-0.4, -0.2) is 18.2 Å². The van der Waals surface area contributed by atoms with Crippen LogP contribution < -0.4 is 11.1 Å². The minimum absolute atomic E-state index is 0.157. The third-order valence-electron chi connectivity index (χ3n) is 4.42. The van der Waals surface area contributed by atoms with E-state index in [1.54, 1.807) is 25.1 Å². The lowest BCUT2D eigenvalue weighted by Gasteiger charge is -2.18. The van der Waals surface area contributed by atoms with Crippen LogP contribution in [0.15, 0.2) is 36.4 Å². The SMILES string of the molecule is CCCc1ccc(NC(=O)C(CCN)c2ccc(Cl)c(Cl)c2)cc1C(C)=N. The van der Waals surface area contributed by atoms with E-state index in [4.69, 9.17) is 34.3 Å². The molecular weight excluding hydrogens is 381 g/mol. The van der Waals surface area contributed by atoms with Crippen molar-refractivity contribution in [1.82, 2.24) is 0 Å². The zero-order chi connectivity index (χ0) is 20.0. The Morgan fingerprint density at radius 2 is 1.93 bits per heavy atom. The molecule has 144 valence electrons. The van der Waals surface area contributed by atoms with Gasteiger partial charge < -0.3 is 16.5 Å². The van der Waals surface area contributed by atoms with Crippen molar-refractivity contribution in [3.8, 4) is 0 Å². The molecular formula is C21H25Cl2N3O. The molecule has 1 unspecified atom stereocenters. The van der Waals surface area contributed by atoms with Crippen LogP contribution in [0.3, 0.4) is 0 Å². The van der Waals surface area contributed by atoms with Gasteiger partial charge in [0, 0.05) is 17.0 Å². The first-order valence-corrected chi connectivity index (χ1v) is 9.77. The lowest BCUT2D eigenvalue weighted by atomic mass is 9.94. The molecule has 0 spiro atoms. The highest BCUT2D eigenvalue weighted by atomic mass is 35.5. The molecule has 6 heteroatoms. The fraction of sp³-hybridized carbons (Fsp3) is 0.333. The number of hydrogen-bond acceptors (Lipinski definition) is 3. The second-order valence-corrected chi connectivity index (χ2v) is 7.35. The quantitative estimate of drug-likeness (QED) is 0.513. The maximum Gasteiger partial charge on any atom is 0.231 e. The summed E-state index contributed by atoms with van der Waals surface area (Å²) in [5.41, 5.74) is 9.62. The van der Waals surface area contributed by atoms with Crippen LogP contribution in [-0.2, 0) is 11.2 Å². The van der Waals surface area contributed by atoms with Gasteiger partial charge in [0.15, 0.2) is 0 Å². The van der Waals surface area contributed by atoms with E-state index in [-0.39, 0.29) is 5.91 Å². The molecule has 1 amide bonds. The summed E-state index contributed by atoms with van der Waals surface area (Å²) in [6, 6.07) is 10.9. The summed E-state index contributed by atoms with van der Waals surface area (Å²) >= 11 is 12.1. The normalized spacial score (nSPS) is 11.9. The Morgan fingerprint density at radius 3 is 2.52 bits per heavy atom. The molecule has 1 atom stereocenters. The fourth-order valence-electron chi connectivity index (χ4n) is 3.06. The molecule has 0 heterocycles. The highest BCUT2D eigenvalue weighted by Gasteiger charge is 2.21. The number of hydrogen-bond donors (Lipinski definition) is 3.